The van der Waals surface area contributed by atoms with Crippen LogP contribution in [0.5, 0.6) is 0 Å². The predicted octanol–water partition coefficient (Wildman–Crippen LogP) is 2.70. The highest BCUT2D eigenvalue weighted by molar-refractivity contribution is 7.90. The van der Waals surface area contributed by atoms with E-state index in [1.54, 1.807) is 12.1 Å². The van der Waals surface area contributed by atoms with Gasteiger partial charge in [-0.3, -0.25) is 0 Å². The highest BCUT2D eigenvalue weighted by Gasteiger charge is 2.66. The molecule has 1 spiro atoms. The third kappa shape index (κ3) is 2.36. The molecule has 126 valence electrons. The average Bonchev–Trinajstić information content (AvgIpc) is 2.87. The number of rotatable bonds is 4. The molecule has 1 heterocycles. The molecule has 2 saturated carbocycles. The van der Waals surface area contributed by atoms with Gasteiger partial charge in [0.05, 0.1) is 11.0 Å². The van der Waals surface area contributed by atoms with Gasteiger partial charge in [0.25, 0.3) is 0 Å². The van der Waals surface area contributed by atoms with Gasteiger partial charge in [0.15, 0.2) is 9.84 Å². The van der Waals surface area contributed by atoms with Crippen molar-refractivity contribution in [3.63, 3.8) is 0 Å². The minimum Gasteiger partial charge on any atom is -0.377 e. The smallest absolute Gasteiger partial charge is 0.175 e. The molecule has 3 fully saturated rings. The SMILES string of the molecule is C[C@H](N[C@@H]1[C@H]2CCO[C@H]2C12CCC2)c1ccc(S(C)(=O)=O)cc1. The first-order chi connectivity index (χ1) is 10.9. The van der Waals surface area contributed by atoms with Gasteiger partial charge in [-0.2, -0.15) is 0 Å². The largest absolute Gasteiger partial charge is 0.377 e. The number of fused-ring (bicyclic) bond motifs is 2. The van der Waals surface area contributed by atoms with E-state index in [0.29, 0.717) is 28.4 Å². The van der Waals surface area contributed by atoms with Gasteiger partial charge in [-0.1, -0.05) is 18.6 Å². The molecule has 23 heavy (non-hydrogen) atoms. The number of nitrogens with one attached hydrogen (secondary N) is 1. The average molecular weight is 335 g/mol. The molecule has 0 amide bonds. The highest BCUT2D eigenvalue weighted by atomic mass is 32.2. The zero-order chi connectivity index (χ0) is 16.2. The first kappa shape index (κ1) is 15.6. The second-order valence-electron chi connectivity index (χ2n) is 7.54. The normalized spacial score (nSPS) is 32.9. The lowest BCUT2D eigenvalue weighted by molar-refractivity contribution is -0.178. The number of hydrogen-bond acceptors (Lipinski definition) is 4. The summed E-state index contributed by atoms with van der Waals surface area (Å²) in [5.41, 5.74) is 1.52. The second-order valence-corrected chi connectivity index (χ2v) is 9.55. The van der Waals surface area contributed by atoms with Crippen molar-refractivity contribution >= 4 is 9.84 Å². The minimum atomic E-state index is -3.12. The van der Waals surface area contributed by atoms with Gasteiger partial charge in [0.1, 0.15) is 0 Å². The van der Waals surface area contributed by atoms with Crippen LogP contribution < -0.4 is 5.32 Å². The zero-order valence-corrected chi connectivity index (χ0v) is 14.6. The molecule has 0 radical (unpaired) electrons. The first-order valence-electron chi connectivity index (χ1n) is 8.59. The van der Waals surface area contributed by atoms with Crippen LogP contribution in [0.1, 0.15) is 44.2 Å². The van der Waals surface area contributed by atoms with E-state index < -0.39 is 9.84 Å². The van der Waals surface area contributed by atoms with Crippen molar-refractivity contribution in [2.45, 2.75) is 55.7 Å². The van der Waals surface area contributed by atoms with Crippen molar-refractivity contribution in [2.75, 3.05) is 12.9 Å². The molecular formula is C18H25NO3S. The van der Waals surface area contributed by atoms with Crippen molar-refractivity contribution in [1.82, 2.24) is 5.32 Å². The molecular weight excluding hydrogens is 310 g/mol. The van der Waals surface area contributed by atoms with E-state index in [2.05, 4.69) is 12.2 Å². The maximum atomic E-state index is 11.6. The standard InChI is InChI=1S/C18H25NO3S/c1-12(13-4-6-14(7-5-13)23(2,20)21)19-16-15-8-11-22-17(15)18(16)9-3-10-18/h4-7,12,15-17,19H,3,8-11H2,1-2H3/t12-,15+,16+,17+/m0/s1. The third-order valence-electron chi connectivity index (χ3n) is 6.27. The maximum Gasteiger partial charge on any atom is 0.175 e. The Kier molecular flexibility index (Phi) is 3.59. The van der Waals surface area contributed by atoms with E-state index in [1.807, 2.05) is 12.1 Å². The molecule has 5 heteroatoms. The molecule has 1 saturated heterocycles. The van der Waals surface area contributed by atoms with E-state index >= 15 is 0 Å². The van der Waals surface area contributed by atoms with Gasteiger partial charge in [-0.25, -0.2) is 8.42 Å². The van der Waals surface area contributed by atoms with E-state index in [1.165, 1.54) is 31.9 Å². The molecule has 1 N–H and O–H groups in total. The Labute approximate surface area is 138 Å². The molecule has 3 aliphatic rings. The Hall–Kier alpha value is -0.910. The summed E-state index contributed by atoms with van der Waals surface area (Å²) in [6.45, 7) is 3.08. The summed E-state index contributed by atoms with van der Waals surface area (Å²) in [5, 5.41) is 3.83. The van der Waals surface area contributed by atoms with Crippen LogP contribution in [0.25, 0.3) is 0 Å². The summed E-state index contributed by atoms with van der Waals surface area (Å²) in [6.07, 6.45) is 6.79. The Bertz CT molecular complexity index is 693. The Balaban J connectivity index is 1.48. The molecule has 4 atom stereocenters. The van der Waals surface area contributed by atoms with Gasteiger partial charge < -0.3 is 10.1 Å². The summed E-state index contributed by atoms with van der Waals surface area (Å²) in [6, 6.07) is 8.07. The van der Waals surface area contributed by atoms with Crippen LogP contribution in [-0.2, 0) is 14.6 Å². The van der Waals surface area contributed by atoms with E-state index in [0.717, 1.165) is 12.2 Å². The van der Waals surface area contributed by atoms with Gasteiger partial charge in [-0.05, 0) is 43.9 Å². The van der Waals surface area contributed by atoms with Crippen LogP contribution in [0, 0.1) is 11.3 Å². The molecule has 4 rings (SSSR count). The van der Waals surface area contributed by atoms with E-state index in [-0.39, 0.29) is 6.04 Å². The van der Waals surface area contributed by atoms with Gasteiger partial charge in [0.2, 0.25) is 0 Å². The van der Waals surface area contributed by atoms with Crippen LogP contribution in [0.3, 0.4) is 0 Å². The second kappa shape index (κ2) is 5.30. The van der Waals surface area contributed by atoms with Crippen LogP contribution in [0.2, 0.25) is 0 Å². The topological polar surface area (TPSA) is 55.4 Å². The monoisotopic (exact) mass is 335 g/mol. The maximum absolute atomic E-state index is 11.6. The van der Waals surface area contributed by atoms with E-state index in [4.69, 9.17) is 4.74 Å². The predicted molar refractivity (Wildman–Crippen MR) is 89.0 cm³/mol. The quantitative estimate of drug-likeness (QED) is 0.919. The molecule has 1 aromatic carbocycles. The minimum absolute atomic E-state index is 0.229. The molecule has 2 aliphatic carbocycles. The van der Waals surface area contributed by atoms with Gasteiger partial charge in [-0.15, -0.1) is 0 Å². The Morgan fingerprint density at radius 3 is 2.52 bits per heavy atom. The van der Waals surface area contributed by atoms with Crippen molar-refractivity contribution in [2.24, 2.45) is 11.3 Å². The highest BCUT2D eigenvalue weighted by Crippen LogP contribution is 2.63. The summed E-state index contributed by atoms with van der Waals surface area (Å²) < 4.78 is 29.1. The fourth-order valence-electron chi connectivity index (χ4n) is 4.86. The number of hydrogen-bond donors (Lipinski definition) is 1. The summed E-state index contributed by atoms with van der Waals surface area (Å²) in [4.78, 5) is 0.386. The number of benzene rings is 1. The van der Waals surface area contributed by atoms with Gasteiger partial charge >= 0.3 is 0 Å². The summed E-state index contributed by atoms with van der Waals surface area (Å²) >= 11 is 0. The van der Waals surface area contributed by atoms with E-state index in [9.17, 15) is 8.42 Å². The Morgan fingerprint density at radius 2 is 1.96 bits per heavy atom. The summed E-state index contributed by atoms with van der Waals surface area (Å²) in [7, 11) is -3.12. The lowest BCUT2D eigenvalue weighted by Gasteiger charge is -2.64. The molecule has 0 bridgehead atoms. The van der Waals surface area contributed by atoms with Crippen LogP contribution >= 0.6 is 0 Å². The fraction of sp³-hybridized carbons (Fsp3) is 0.667. The first-order valence-corrected chi connectivity index (χ1v) is 10.5. The third-order valence-corrected chi connectivity index (χ3v) is 7.40. The van der Waals surface area contributed by atoms with Crippen LogP contribution in [-0.4, -0.2) is 33.4 Å². The number of sulfone groups is 1. The fourth-order valence-corrected chi connectivity index (χ4v) is 5.49. The van der Waals surface area contributed by atoms with Crippen molar-refractivity contribution in [3.05, 3.63) is 29.8 Å². The van der Waals surface area contributed by atoms with Crippen molar-refractivity contribution in [1.29, 1.82) is 0 Å². The van der Waals surface area contributed by atoms with Crippen molar-refractivity contribution < 1.29 is 13.2 Å². The van der Waals surface area contributed by atoms with Gasteiger partial charge in [0, 0.05) is 36.3 Å². The molecule has 1 aliphatic heterocycles. The molecule has 1 aromatic rings. The van der Waals surface area contributed by atoms with Crippen LogP contribution in [0.15, 0.2) is 29.2 Å². The lowest BCUT2D eigenvalue weighted by atomic mass is 9.46. The molecule has 4 nitrogen and oxygen atoms in total. The molecule has 0 unspecified atom stereocenters. The number of ether oxygens (including phenoxy) is 1. The molecule has 0 aromatic heterocycles. The summed E-state index contributed by atoms with van der Waals surface area (Å²) in [5.74, 6) is 0.660. The van der Waals surface area contributed by atoms with Crippen molar-refractivity contribution in [3.8, 4) is 0 Å². The zero-order valence-electron chi connectivity index (χ0n) is 13.8. The lowest BCUT2D eigenvalue weighted by Crippen LogP contribution is -2.71. The Morgan fingerprint density at radius 1 is 1.26 bits per heavy atom. The van der Waals surface area contributed by atoms with Crippen LogP contribution in [0.4, 0.5) is 0 Å².